The van der Waals surface area contributed by atoms with Gasteiger partial charge in [-0.2, -0.15) is 0 Å². The first-order chi connectivity index (χ1) is 11.3. The topological polar surface area (TPSA) is 78.5 Å². The van der Waals surface area contributed by atoms with Crippen molar-refractivity contribution in [1.82, 2.24) is 14.9 Å². The van der Waals surface area contributed by atoms with Crippen molar-refractivity contribution in [2.45, 2.75) is 43.7 Å². The molecule has 0 aromatic heterocycles. The van der Waals surface area contributed by atoms with E-state index in [1.54, 1.807) is 12.1 Å². The van der Waals surface area contributed by atoms with Crippen LogP contribution in [0.4, 0.5) is 0 Å². The van der Waals surface area contributed by atoms with E-state index >= 15 is 0 Å². The zero-order chi connectivity index (χ0) is 17.7. The maximum Gasteiger partial charge on any atom is 0.242 e. The molecule has 0 bridgehead atoms. The molecule has 1 unspecified atom stereocenters. The molecule has 24 heavy (non-hydrogen) atoms. The summed E-state index contributed by atoms with van der Waals surface area (Å²) in [4.78, 5) is 14.3. The van der Waals surface area contributed by atoms with Crippen LogP contribution in [0.15, 0.2) is 29.2 Å². The van der Waals surface area contributed by atoms with Gasteiger partial charge in [-0.3, -0.25) is 9.69 Å². The Labute approximate surface area is 148 Å². The Kier molecular flexibility index (Phi) is 6.62. The molecule has 2 N–H and O–H groups in total. The Bertz CT molecular complexity index is 679. The third kappa shape index (κ3) is 5.17. The number of halogens is 1. The molecule has 0 radical (unpaired) electrons. The smallest absolute Gasteiger partial charge is 0.242 e. The molecule has 0 aliphatic carbocycles. The summed E-state index contributed by atoms with van der Waals surface area (Å²) in [6, 6.07) is 6.83. The molecule has 1 aromatic rings. The van der Waals surface area contributed by atoms with Crippen molar-refractivity contribution >= 4 is 27.5 Å². The van der Waals surface area contributed by atoms with Gasteiger partial charge in [-0.25, -0.2) is 13.1 Å². The van der Waals surface area contributed by atoms with Crippen LogP contribution in [0.3, 0.4) is 0 Å². The molecule has 134 valence electrons. The number of hydrogen-bond donors (Lipinski definition) is 2. The number of sulfonamides is 1. The summed E-state index contributed by atoms with van der Waals surface area (Å²) in [5.74, 6) is -0.146. The van der Waals surface area contributed by atoms with Crippen molar-refractivity contribution in [3.05, 3.63) is 29.3 Å². The number of nitrogens with one attached hydrogen (secondary N) is 2. The number of nitrogens with zero attached hydrogens (tertiary/aromatic N) is 1. The van der Waals surface area contributed by atoms with Crippen LogP contribution in [0.2, 0.25) is 5.02 Å². The Morgan fingerprint density at radius 2 is 2.08 bits per heavy atom. The number of amides is 1. The average Bonchev–Trinajstić information content (AvgIpc) is 2.96. The minimum Gasteiger partial charge on any atom is -0.352 e. The molecule has 1 aliphatic heterocycles. The van der Waals surface area contributed by atoms with Crippen LogP contribution in [-0.2, 0) is 14.8 Å². The molecule has 1 aromatic carbocycles. The molecule has 1 saturated heterocycles. The van der Waals surface area contributed by atoms with Crippen LogP contribution in [0.25, 0.3) is 0 Å². The lowest BCUT2D eigenvalue weighted by molar-refractivity contribution is -0.121. The van der Waals surface area contributed by atoms with Crippen molar-refractivity contribution in [3.63, 3.8) is 0 Å². The molecule has 1 atom stereocenters. The fourth-order valence-corrected chi connectivity index (χ4v) is 4.26. The Hall–Kier alpha value is -1.15. The van der Waals surface area contributed by atoms with Gasteiger partial charge in [0.25, 0.3) is 0 Å². The summed E-state index contributed by atoms with van der Waals surface area (Å²) >= 11 is 5.90. The summed E-state index contributed by atoms with van der Waals surface area (Å²) in [7, 11) is -3.70. The highest BCUT2D eigenvalue weighted by atomic mass is 35.5. The summed E-state index contributed by atoms with van der Waals surface area (Å²) in [6.07, 6.45) is 1.02. The first kappa shape index (κ1) is 19.2. The van der Waals surface area contributed by atoms with E-state index in [0.29, 0.717) is 6.04 Å². The predicted octanol–water partition coefficient (Wildman–Crippen LogP) is 1.61. The van der Waals surface area contributed by atoms with Gasteiger partial charge in [0.15, 0.2) is 0 Å². The first-order valence-electron chi connectivity index (χ1n) is 8.07. The van der Waals surface area contributed by atoms with Gasteiger partial charge >= 0.3 is 0 Å². The lowest BCUT2D eigenvalue weighted by Crippen LogP contribution is -2.39. The molecular formula is C16H24ClN3O3S. The van der Waals surface area contributed by atoms with E-state index in [4.69, 9.17) is 11.6 Å². The summed E-state index contributed by atoms with van der Waals surface area (Å²) in [5, 5.41) is 3.12. The highest BCUT2D eigenvalue weighted by molar-refractivity contribution is 7.89. The molecule has 1 aliphatic rings. The van der Waals surface area contributed by atoms with E-state index in [2.05, 4.69) is 28.8 Å². The Morgan fingerprint density at radius 1 is 1.38 bits per heavy atom. The molecule has 8 heteroatoms. The lowest BCUT2D eigenvalue weighted by atomic mass is 10.2. The van der Waals surface area contributed by atoms with Gasteiger partial charge in [-0.1, -0.05) is 23.7 Å². The second kappa shape index (κ2) is 8.29. The van der Waals surface area contributed by atoms with E-state index in [-0.39, 0.29) is 34.8 Å². The van der Waals surface area contributed by atoms with E-state index < -0.39 is 10.0 Å². The summed E-state index contributed by atoms with van der Waals surface area (Å²) in [5.41, 5.74) is 0. The molecule has 2 rings (SSSR count). The minimum atomic E-state index is -3.70. The second-order valence-corrected chi connectivity index (χ2v) is 8.36. The standard InChI is InChI=1S/C16H24ClN3O3S/c1-12(2)20-10-8-13(11-20)19-16(21)7-9-18-24(22,23)15-6-4-3-5-14(15)17/h3-6,12-13,18H,7-11H2,1-2H3,(H,19,21). The normalized spacial score (nSPS) is 18.9. The molecule has 6 nitrogen and oxygen atoms in total. The second-order valence-electron chi connectivity index (χ2n) is 6.22. The van der Waals surface area contributed by atoms with Gasteiger partial charge in [-0.15, -0.1) is 0 Å². The van der Waals surface area contributed by atoms with Crippen LogP contribution in [-0.4, -0.2) is 50.9 Å². The number of rotatable bonds is 7. The Morgan fingerprint density at radius 3 is 2.71 bits per heavy atom. The van der Waals surface area contributed by atoms with E-state index in [9.17, 15) is 13.2 Å². The molecule has 1 amide bonds. The van der Waals surface area contributed by atoms with E-state index in [1.807, 2.05) is 0 Å². The van der Waals surface area contributed by atoms with Gasteiger partial charge in [-0.05, 0) is 32.4 Å². The maximum absolute atomic E-state index is 12.2. The number of likely N-dealkylation sites (tertiary alicyclic amines) is 1. The zero-order valence-corrected chi connectivity index (χ0v) is 15.5. The molecule has 0 saturated carbocycles. The first-order valence-corrected chi connectivity index (χ1v) is 9.93. The third-order valence-electron chi connectivity index (χ3n) is 4.09. The predicted molar refractivity (Wildman–Crippen MR) is 94.5 cm³/mol. The van der Waals surface area contributed by atoms with Crippen LogP contribution in [0.5, 0.6) is 0 Å². The number of carbonyl (C=O) groups excluding carboxylic acids is 1. The highest BCUT2D eigenvalue weighted by Crippen LogP contribution is 2.20. The highest BCUT2D eigenvalue weighted by Gasteiger charge is 2.25. The van der Waals surface area contributed by atoms with Crippen LogP contribution in [0.1, 0.15) is 26.7 Å². The Balaban J connectivity index is 1.78. The number of carbonyl (C=O) groups is 1. The summed E-state index contributed by atoms with van der Waals surface area (Å²) in [6.45, 7) is 6.12. The quantitative estimate of drug-likeness (QED) is 0.761. The number of hydrogen-bond acceptors (Lipinski definition) is 4. The van der Waals surface area contributed by atoms with Crippen LogP contribution >= 0.6 is 11.6 Å². The van der Waals surface area contributed by atoms with E-state index in [1.165, 1.54) is 12.1 Å². The summed E-state index contributed by atoms with van der Waals surface area (Å²) < 4.78 is 26.7. The van der Waals surface area contributed by atoms with Gasteiger partial charge in [0.1, 0.15) is 4.90 Å². The SMILES string of the molecule is CC(C)N1CCC(NC(=O)CCNS(=O)(=O)c2ccccc2Cl)C1. The zero-order valence-electron chi connectivity index (χ0n) is 14.0. The van der Waals surface area contributed by atoms with Crippen molar-refractivity contribution < 1.29 is 13.2 Å². The van der Waals surface area contributed by atoms with Crippen LogP contribution < -0.4 is 10.0 Å². The fraction of sp³-hybridized carbons (Fsp3) is 0.562. The fourth-order valence-electron chi connectivity index (χ4n) is 2.71. The minimum absolute atomic E-state index is 0.0236. The largest absolute Gasteiger partial charge is 0.352 e. The average molecular weight is 374 g/mol. The third-order valence-corrected chi connectivity index (χ3v) is 6.05. The lowest BCUT2D eigenvalue weighted by Gasteiger charge is -2.20. The van der Waals surface area contributed by atoms with Crippen molar-refractivity contribution in [2.75, 3.05) is 19.6 Å². The van der Waals surface area contributed by atoms with Gasteiger partial charge < -0.3 is 5.32 Å². The van der Waals surface area contributed by atoms with Crippen molar-refractivity contribution in [2.24, 2.45) is 0 Å². The van der Waals surface area contributed by atoms with Crippen molar-refractivity contribution in [1.29, 1.82) is 0 Å². The molecule has 0 spiro atoms. The monoisotopic (exact) mass is 373 g/mol. The number of benzene rings is 1. The van der Waals surface area contributed by atoms with E-state index in [0.717, 1.165) is 19.5 Å². The van der Waals surface area contributed by atoms with Gasteiger partial charge in [0.2, 0.25) is 15.9 Å². The van der Waals surface area contributed by atoms with Crippen LogP contribution in [0, 0.1) is 0 Å². The van der Waals surface area contributed by atoms with Crippen molar-refractivity contribution in [3.8, 4) is 0 Å². The van der Waals surface area contributed by atoms with Gasteiger partial charge in [0.05, 0.1) is 5.02 Å². The van der Waals surface area contributed by atoms with Gasteiger partial charge in [0, 0.05) is 38.1 Å². The molecular weight excluding hydrogens is 350 g/mol. The molecule has 1 fully saturated rings. The maximum atomic E-state index is 12.2. The molecule has 1 heterocycles.